The highest BCUT2D eigenvalue weighted by atomic mass is 16.5. The molecule has 1 saturated heterocycles. The van der Waals surface area contributed by atoms with Gasteiger partial charge in [0.05, 0.1) is 6.10 Å². The molecular weight excluding hydrogens is 356 g/mol. The lowest BCUT2D eigenvalue weighted by Gasteiger charge is -2.17. The first-order valence-corrected chi connectivity index (χ1v) is 9.68. The minimum atomic E-state index is -0.586. The number of para-hydroxylation sites is 1. The fourth-order valence-electron chi connectivity index (χ4n) is 3.03. The molecule has 1 aliphatic rings. The maximum atomic E-state index is 12.5. The Bertz CT molecular complexity index is 771. The summed E-state index contributed by atoms with van der Waals surface area (Å²) in [5.74, 6) is 0.289. The Kier molecular flexibility index (Phi) is 7.03. The Morgan fingerprint density at radius 2 is 1.89 bits per heavy atom. The third kappa shape index (κ3) is 5.57. The molecule has 0 radical (unpaired) electrons. The van der Waals surface area contributed by atoms with Gasteiger partial charge in [0.25, 0.3) is 11.8 Å². The first kappa shape index (κ1) is 19.9. The molecule has 2 aromatic rings. The fraction of sp³-hybridized carbons (Fsp3) is 0.364. The molecule has 2 atom stereocenters. The van der Waals surface area contributed by atoms with Crippen LogP contribution in [0.3, 0.4) is 0 Å². The van der Waals surface area contributed by atoms with Gasteiger partial charge in [-0.25, -0.2) is 0 Å². The first-order chi connectivity index (χ1) is 13.7. The quantitative estimate of drug-likeness (QED) is 0.734. The molecule has 3 rings (SSSR count). The molecule has 0 aromatic heterocycles. The molecule has 1 fully saturated rings. The molecule has 1 heterocycles. The van der Waals surface area contributed by atoms with E-state index in [9.17, 15) is 9.59 Å². The fourth-order valence-corrected chi connectivity index (χ4v) is 3.03. The van der Waals surface area contributed by atoms with E-state index >= 15 is 0 Å². The zero-order valence-electron chi connectivity index (χ0n) is 16.0. The van der Waals surface area contributed by atoms with Crippen molar-refractivity contribution in [2.75, 3.05) is 18.5 Å². The van der Waals surface area contributed by atoms with Crippen LogP contribution in [-0.4, -0.2) is 37.2 Å². The van der Waals surface area contributed by atoms with Crippen LogP contribution in [0.1, 0.15) is 36.5 Å². The summed E-state index contributed by atoms with van der Waals surface area (Å²) in [4.78, 5) is 24.7. The van der Waals surface area contributed by atoms with Gasteiger partial charge in [-0.15, -0.1) is 0 Å². The highest BCUT2D eigenvalue weighted by molar-refractivity contribution is 5.97. The van der Waals surface area contributed by atoms with Crippen LogP contribution in [0, 0.1) is 0 Å². The summed E-state index contributed by atoms with van der Waals surface area (Å²) in [6.07, 6.45) is 2.09. The van der Waals surface area contributed by atoms with Gasteiger partial charge in [-0.3, -0.25) is 9.59 Å². The highest BCUT2D eigenvalue weighted by Crippen LogP contribution is 2.16. The average molecular weight is 382 g/mol. The van der Waals surface area contributed by atoms with Crippen molar-refractivity contribution in [1.29, 1.82) is 0 Å². The smallest absolute Gasteiger partial charge is 0.265 e. The van der Waals surface area contributed by atoms with E-state index in [0.29, 0.717) is 30.0 Å². The lowest BCUT2D eigenvalue weighted by molar-refractivity contribution is -0.122. The van der Waals surface area contributed by atoms with Crippen LogP contribution in [0.25, 0.3) is 0 Å². The van der Waals surface area contributed by atoms with E-state index in [-0.39, 0.29) is 17.9 Å². The summed E-state index contributed by atoms with van der Waals surface area (Å²) >= 11 is 0. The predicted molar refractivity (Wildman–Crippen MR) is 108 cm³/mol. The van der Waals surface area contributed by atoms with E-state index in [1.807, 2.05) is 37.3 Å². The van der Waals surface area contributed by atoms with Crippen LogP contribution >= 0.6 is 0 Å². The highest BCUT2D eigenvalue weighted by Gasteiger charge is 2.19. The summed E-state index contributed by atoms with van der Waals surface area (Å²) in [5, 5.41) is 5.72. The Morgan fingerprint density at radius 3 is 2.54 bits per heavy atom. The van der Waals surface area contributed by atoms with E-state index in [0.717, 1.165) is 19.4 Å². The Hall–Kier alpha value is -2.86. The van der Waals surface area contributed by atoms with Crippen molar-refractivity contribution in [3.8, 4) is 5.75 Å². The van der Waals surface area contributed by atoms with Crippen molar-refractivity contribution in [3.63, 3.8) is 0 Å². The van der Waals surface area contributed by atoms with Crippen LogP contribution in [0.4, 0.5) is 5.69 Å². The van der Waals surface area contributed by atoms with Crippen LogP contribution < -0.4 is 15.4 Å². The maximum Gasteiger partial charge on any atom is 0.265 e. The number of benzene rings is 2. The number of nitrogens with one attached hydrogen (secondary N) is 2. The van der Waals surface area contributed by atoms with Crippen molar-refractivity contribution >= 4 is 17.5 Å². The minimum absolute atomic E-state index is 0.109. The summed E-state index contributed by atoms with van der Waals surface area (Å²) in [6.45, 7) is 3.18. The summed E-state index contributed by atoms with van der Waals surface area (Å²) < 4.78 is 11.3. The first-order valence-electron chi connectivity index (χ1n) is 9.68. The second-order valence-corrected chi connectivity index (χ2v) is 6.74. The summed E-state index contributed by atoms with van der Waals surface area (Å²) in [7, 11) is 0. The lowest BCUT2D eigenvalue weighted by atomic mass is 10.1. The third-order valence-corrected chi connectivity index (χ3v) is 4.61. The average Bonchev–Trinajstić information content (AvgIpc) is 3.25. The third-order valence-electron chi connectivity index (χ3n) is 4.61. The molecule has 0 bridgehead atoms. The van der Waals surface area contributed by atoms with Gasteiger partial charge in [-0.05, 0) is 55.7 Å². The molecule has 2 unspecified atom stereocenters. The zero-order valence-corrected chi connectivity index (χ0v) is 16.0. The number of carbonyl (C=O) groups excluding carboxylic acids is 2. The van der Waals surface area contributed by atoms with Crippen molar-refractivity contribution < 1.29 is 19.1 Å². The van der Waals surface area contributed by atoms with Crippen molar-refractivity contribution in [2.24, 2.45) is 0 Å². The van der Waals surface area contributed by atoms with E-state index in [2.05, 4.69) is 10.6 Å². The maximum absolute atomic E-state index is 12.5. The lowest BCUT2D eigenvalue weighted by Crippen LogP contribution is -2.32. The van der Waals surface area contributed by atoms with Gasteiger partial charge in [0.15, 0.2) is 6.10 Å². The van der Waals surface area contributed by atoms with Crippen molar-refractivity contribution in [1.82, 2.24) is 5.32 Å². The van der Waals surface area contributed by atoms with Crippen LogP contribution in [0.5, 0.6) is 5.75 Å². The predicted octanol–water partition coefficient (Wildman–Crippen LogP) is 3.39. The van der Waals surface area contributed by atoms with Gasteiger partial charge >= 0.3 is 0 Å². The molecule has 0 saturated carbocycles. The van der Waals surface area contributed by atoms with E-state index in [1.165, 1.54) is 0 Å². The molecule has 0 spiro atoms. The Labute approximate surface area is 165 Å². The number of carbonyl (C=O) groups is 2. The molecule has 28 heavy (non-hydrogen) atoms. The van der Waals surface area contributed by atoms with Crippen molar-refractivity contribution in [3.05, 3.63) is 60.2 Å². The van der Waals surface area contributed by atoms with Gasteiger partial charge in [0.2, 0.25) is 0 Å². The number of hydrogen-bond donors (Lipinski definition) is 2. The van der Waals surface area contributed by atoms with Crippen molar-refractivity contribution in [2.45, 2.75) is 38.4 Å². The second-order valence-electron chi connectivity index (χ2n) is 6.74. The van der Waals surface area contributed by atoms with Gasteiger partial charge in [-0.1, -0.05) is 25.1 Å². The molecule has 148 valence electrons. The van der Waals surface area contributed by atoms with E-state index in [4.69, 9.17) is 9.47 Å². The Balaban J connectivity index is 1.52. The van der Waals surface area contributed by atoms with Gasteiger partial charge < -0.3 is 20.1 Å². The number of amides is 2. The van der Waals surface area contributed by atoms with E-state index < -0.39 is 6.10 Å². The number of ether oxygens (including phenoxy) is 2. The van der Waals surface area contributed by atoms with Crippen LogP contribution in [0.15, 0.2) is 54.6 Å². The molecule has 2 N–H and O–H groups in total. The number of rotatable bonds is 8. The van der Waals surface area contributed by atoms with Crippen LogP contribution in [-0.2, 0) is 9.53 Å². The normalized spacial score (nSPS) is 17.0. The van der Waals surface area contributed by atoms with Crippen LogP contribution in [0.2, 0.25) is 0 Å². The Morgan fingerprint density at radius 1 is 1.14 bits per heavy atom. The SMILES string of the molecule is CCC(Oc1ccccc1)C(=O)Nc1ccc(C(=O)NCC2CCCO2)cc1. The monoisotopic (exact) mass is 382 g/mol. The summed E-state index contributed by atoms with van der Waals surface area (Å²) in [5.41, 5.74) is 1.17. The van der Waals surface area contributed by atoms with Gasteiger partial charge in [0, 0.05) is 24.4 Å². The minimum Gasteiger partial charge on any atom is -0.481 e. The molecule has 2 aromatic carbocycles. The van der Waals surface area contributed by atoms with Gasteiger partial charge in [-0.2, -0.15) is 0 Å². The standard InChI is InChI=1S/C22H26N2O4/c1-2-20(28-18-7-4-3-5-8-18)22(26)24-17-12-10-16(11-13-17)21(25)23-15-19-9-6-14-27-19/h3-5,7-8,10-13,19-20H,2,6,9,14-15H2,1H3,(H,23,25)(H,24,26). The summed E-state index contributed by atoms with van der Waals surface area (Å²) in [6, 6.07) is 16.1. The molecule has 0 aliphatic carbocycles. The zero-order chi connectivity index (χ0) is 19.8. The topological polar surface area (TPSA) is 76.7 Å². The molecule has 2 amide bonds. The number of hydrogen-bond acceptors (Lipinski definition) is 4. The largest absolute Gasteiger partial charge is 0.481 e. The molecular formula is C22H26N2O4. The molecule has 6 nitrogen and oxygen atoms in total. The molecule has 1 aliphatic heterocycles. The second kappa shape index (κ2) is 9.90. The molecule has 6 heteroatoms. The van der Waals surface area contributed by atoms with Gasteiger partial charge in [0.1, 0.15) is 5.75 Å². The van der Waals surface area contributed by atoms with E-state index in [1.54, 1.807) is 24.3 Å². The number of anilines is 1.